The summed E-state index contributed by atoms with van der Waals surface area (Å²) in [5, 5.41) is 0. The van der Waals surface area contributed by atoms with E-state index in [-0.39, 0.29) is 0 Å². The molecule has 0 amide bonds. The summed E-state index contributed by atoms with van der Waals surface area (Å²) in [7, 11) is 6.89. The van der Waals surface area contributed by atoms with Gasteiger partial charge in [0.2, 0.25) is 0 Å². The third kappa shape index (κ3) is 7.13. The molecule has 8 aromatic rings. The minimum atomic E-state index is -0.469. The van der Waals surface area contributed by atoms with Crippen LogP contribution >= 0.6 is 68.0 Å². The molecule has 0 radical (unpaired) electrons. The van der Waals surface area contributed by atoms with E-state index in [1.54, 1.807) is 28.4 Å². The molecule has 0 saturated carbocycles. The molecule has 4 nitrogen and oxygen atoms in total. The monoisotopic (exact) mass is 896 g/mol. The lowest BCUT2D eigenvalue weighted by atomic mass is 9.77. The topological polar surface area (TPSA) is 36.9 Å². The summed E-state index contributed by atoms with van der Waals surface area (Å²) in [4.78, 5) is 15.1. The highest BCUT2D eigenvalue weighted by atomic mass is 32.1. The van der Waals surface area contributed by atoms with Crippen LogP contribution in [0.4, 0.5) is 0 Å². The lowest BCUT2D eigenvalue weighted by molar-refractivity contribution is 0.392. The summed E-state index contributed by atoms with van der Waals surface area (Å²) >= 11 is 11.2. The van der Waals surface area contributed by atoms with Crippen molar-refractivity contribution in [3.8, 4) is 23.0 Å². The van der Waals surface area contributed by atoms with Gasteiger partial charge in [-0.05, 0) is 157 Å². The van der Waals surface area contributed by atoms with Gasteiger partial charge in [0.25, 0.3) is 0 Å². The first-order chi connectivity index (χ1) is 29.4. The predicted molar refractivity (Wildman–Crippen MR) is 259 cm³/mol. The zero-order valence-electron chi connectivity index (χ0n) is 33.4. The number of hydrogen-bond acceptors (Lipinski definition) is 10. The van der Waals surface area contributed by atoms with E-state index in [1.807, 2.05) is 80.2 Å². The van der Waals surface area contributed by atoms with Crippen LogP contribution < -0.4 is 18.9 Å². The maximum absolute atomic E-state index is 5.81. The summed E-state index contributed by atoms with van der Waals surface area (Å²) < 4.78 is 23.2. The van der Waals surface area contributed by atoms with Gasteiger partial charge < -0.3 is 18.9 Å². The summed E-state index contributed by atoms with van der Waals surface area (Å²) in [5.41, 5.74) is 1.36. The highest BCUT2D eigenvalue weighted by Gasteiger charge is 2.43. The van der Waals surface area contributed by atoms with Crippen LogP contribution in [0.15, 0.2) is 109 Å². The van der Waals surface area contributed by atoms with Crippen LogP contribution in [0.5, 0.6) is 23.0 Å². The summed E-state index contributed by atoms with van der Waals surface area (Å²) in [6, 6.07) is 40.4. The average molecular weight is 897 g/mol. The molecule has 2 aromatic carbocycles. The number of rotatable bonds is 8. The highest BCUT2D eigenvalue weighted by Crippen LogP contribution is 2.53. The Labute approximate surface area is 374 Å². The molecule has 0 spiro atoms. The Balaban J connectivity index is 1.25. The quantitative estimate of drug-likeness (QED) is 0.152. The average Bonchev–Trinajstić information content (AvgIpc) is 4.14. The SMILES string of the molecule is COc1cc(CC23c4ccc(s4)C=Cc4ccc(s4)C(Cc4cc(OC)cc(OC)c4)(c4ccc(s4)C=Cc4ccc2s4)c2ccc(s2)C=Cc2ccc3s2)cc(OC)c1. The molecule has 300 valence electrons. The second kappa shape index (κ2) is 16.2. The lowest BCUT2D eigenvalue weighted by Crippen LogP contribution is -2.29. The van der Waals surface area contributed by atoms with Crippen LogP contribution in [0, 0.1) is 0 Å². The van der Waals surface area contributed by atoms with Crippen LogP contribution in [0.1, 0.15) is 69.7 Å². The Morgan fingerprint density at radius 3 is 0.733 bits per heavy atom. The van der Waals surface area contributed by atoms with Crippen molar-refractivity contribution in [2.24, 2.45) is 0 Å². The molecule has 3 aliphatic heterocycles. The van der Waals surface area contributed by atoms with E-state index >= 15 is 0 Å². The van der Waals surface area contributed by atoms with Gasteiger partial charge in [-0.1, -0.05) is 0 Å². The van der Waals surface area contributed by atoms with Crippen molar-refractivity contribution < 1.29 is 18.9 Å². The molecule has 0 aliphatic carbocycles. The van der Waals surface area contributed by atoms with Crippen LogP contribution in [-0.2, 0) is 23.7 Å². The molecule has 0 fully saturated rings. The number of benzene rings is 2. The van der Waals surface area contributed by atoms with E-state index in [4.69, 9.17) is 18.9 Å². The minimum absolute atomic E-state index is 0.469. The van der Waals surface area contributed by atoms with Gasteiger partial charge in [-0.3, -0.25) is 0 Å². The van der Waals surface area contributed by atoms with Gasteiger partial charge in [-0.25, -0.2) is 0 Å². The van der Waals surface area contributed by atoms with Crippen molar-refractivity contribution in [1.82, 2.24) is 0 Å². The second-order valence-corrected chi connectivity index (χ2v) is 21.5. The molecule has 0 saturated heterocycles. The Hall–Kier alpha value is -4.94. The first-order valence-corrected chi connectivity index (χ1v) is 24.4. The third-order valence-corrected chi connectivity index (χ3v) is 18.6. The number of ether oxygens (including phenoxy) is 4. The predicted octanol–water partition coefficient (Wildman–Crippen LogP) is 14.4. The Bertz CT molecular complexity index is 2460. The zero-order valence-corrected chi connectivity index (χ0v) is 38.3. The molecule has 60 heavy (non-hydrogen) atoms. The molecule has 11 rings (SSSR count). The van der Waals surface area contributed by atoms with E-state index in [9.17, 15) is 0 Å². The molecule has 3 aliphatic rings. The molecule has 6 aromatic heterocycles. The molecule has 0 N–H and O–H groups in total. The number of hydrogen-bond donors (Lipinski definition) is 0. The molecular weight excluding hydrogens is 857 g/mol. The minimum Gasteiger partial charge on any atom is -0.497 e. The van der Waals surface area contributed by atoms with Crippen molar-refractivity contribution in [3.05, 3.63) is 179 Å². The van der Waals surface area contributed by atoms with Gasteiger partial charge in [0.15, 0.2) is 0 Å². The van der Waals surface area contributed by atoms with E-state index in [2.05, 4.69) is 134 Å². The van der Waals surface area contributed by atoms with Gasteiger partial charge in [0, 0.05) is 70.7 Å². The smallest absolute Gasteiger partial charge is 0.122 e. The first-order valence-electron chi connectivity index (χ1n) is 19.5. The standard InChI is InChI=1S/C50H40O4S6/c1-51-33-23-31(24-34(27-33)52-2)29-49-43-17-11-37(55-43)5-8-40-14-20-46(58-40)50(30-32-25-35(53-3)28-36(26-32)54-4,47-21-15-41(59-47)9-6-38-12-18-44(49)56-38)48-22-16-42(60-48)10-7-39-13-19-45(49)57-39/h5-28H,29-30H2,1-4H3. The summed E-state index contributed by atoms with van der Waals surface area (Å²) in [5.74, 6) is 3.14. The molecule has 9 heterocycles. The Kier molecular flexibility index (Phi) is 10.6. The maximum Gasteiger partial charge on any atom is 0.122 e. The van der Waals surface area contributed by atoms with E-state index in [0.717, 1.165) is 47.0 Å². The summed E-state index contributed by atoms with van der Waals surface area (Å²) in [6.07, 6.45) is 15.2. The number of thiophene rings is 6. The van der Waals surface area contributed by atoms with Crippen molar-refractivity contribution in [2.75, 3.05) is 28.4 Å². The van der Waals surface area contributed by atoms with Crippen molar-refractivity contribution in [1.29, 1.82) is 0 Å². The Morgan fingerprint density at radius 2 is 0.533 bits per heavy atom. The molecule has 10 heteroatoms. The van der Waals surface area contributed by atoms with Crippen LogP contribution in [-0.4, -0.2) is 28.4 Å². The van der Waals surface area contributed by atoms with Crippen molar-refractivity contribution >= 4 is 104 Å². The van der Waals surface area contributed by atoms with Gasteiger partial charge >= 0.3 is 0 Å². The fraction of sp³-hybridized carbons (Fsp3) is 0.160. The van der Waals surface area contributed by atoms with Crippen LogP contribution in [0.3, 0.4) is 0 Å². The van der Waals surface area contributed by atoms with Gasteiger partial charge in [-0.15, -0.1) is 68.0 Å². The van der Waals surface area contributed by atoms with E-state index < -0.39 is 10.8 Å². The van der Waals surface area contributed by atoms with Crippen molar-refractivity contribution in [2.45, 2.75) is 23.7 Å². The molecule has 0 atom stereocenters. The van der Waals surface area contributed by atoms with E-state index in [0.29, 0.717) is 0 Å². The highest BCUT2D eigenvalue weighted by molar-refractivity contribution is 7.18. The number of methoxy groups -OCH3 is 4. The van der Waals surface area contributed by atoms with Gasteiger partial charge in [0.1, 0.15) is 23.0 Å². The zero-order chi connectivity index (χ0) is 40.8. The Morgan fingerprint density at radius 1 is 0.317 bits per heavy atom. The largest absolute Gasteiger partial charge is 0.497 e. The fourth-order valence-corrected chi connectivity index (χ4v) is 15.5. The van der Waals surface area contributed by atoms with Gasteiger partial charge in [-0.2, -0.15) is 0 Å². The van der Waals surface area contributed by atoms with Crippen LogP contribution in [0.25, 0.3) is 36.5 Å². The molecule has 0 unspecified atom stereocenters. The van der Waals surface area contributed by atoms with Crippen LogP contribution in [0.2, 0.25) is 0 Å². The first kappa shape index (κ1) is 39.2. The molecule has 14 bridgehead atoms. The lowest BCUT2D eigenvalue weighted by Gasteiger charge is -2.32. The fourth-order valence-electron chi connectivity index (χ4n) is 8.32. The second-order valence-electron chi connectivity index (χ2n) is 14.8. The maximum atomic E-state index is 5.81. The normalized spacial score (nSPS) is 17.7. The van der Waals surface area contributed by atoms with E-state index in [1.165, 1.54) is 58.5 Å². The molecular formula is C50H40O4S6. The van der Waals surface area contributed by atoms with Gasteiger partial charge in [0.05, 0.1) is 39.3 Å². The summed E-state index contributed by atoms with van der Waals surface area (Å²) in [6.45, 7) is 0. The third-order valence-electron chi connectivity index (χ3n) is 11.3. The van der Waals surface area contributed by atoms with Crippen molar-refractivity contribution in [3.63, 3.8) is 0 Å².